The minimum atomic E-state index is 0.229. The lowest BCUT2D eigenvalue weighted by Gasteiger charge is -2.20. The van der Waals surface area contributed by atoms with E-state index in [1.807, 2.05) is 12.5 Å². The molecular weight excluding hydrogens is 212 g/mol. The molecule has 3 N–H and O–H groups in total. The lowest BCUT2D eigenvalue weighted by atomic mass is 10.2. The summed E-state index contributed by atoms with van der Waals surface area (Å²) in [4.78, 5) is 4.24. The van der Waals surface area contributed by atoms with E-state index < -0.39 is 0 Å². The van der Waals surface area contributed by atoms with Crippen molar-refractivity contribution >= 4 is 0 Å². The third-order valence-electron chi connectivity index (χ3n) is 3.75. The van der Waals surface area contributed by atoms with Gasteiger partial charge < -0.3 is 15.6 Å². The van der Waals surface area contributed by atoms with Gasteiger partial charge >= 0.3 is 0 Å². The molecule has 3 atom stereocenters. The Morgan fingerprint density at radius 3 is 2.82 bits per heavy atom. The van der Waals surface area contributed by atoms with Gasteiger partial charge in [0.2, 0.25) is 0 Å². The zero-order valence-electron chi connectivity index (χ0n) is 11.1. The van der Waals surface area contributed by atoms with E-state index in [9.17, 15) is 0 Å². The van der Waals surface area contributed by atoms with Gasteiger partial charge in [0.15, 0.2) is 0 Å². The molecule has 4 heteroatoms. The Labute approximate surface area is 104 Å². The molecule has 1 heterocycles. The number of imidazole rings is 1. The van der Waals surface area contributed by atoms with Crippen molar-refractivity contribution in [1.82, 2.24) is 14.9 Å². The zero-order valence-corrected chi connectivity index (χ0v) is 11.1. The van der Waals surface area contributed by atoms with Gasteiger partial charge in [-0.05, 0) is 38.6 Å². The molecule has 1 aliphatic carbocycles. The van der Waals surface area contributed by atoms with Crippen LogP contribution in [0.5, 0.6) is 0 Å². The van der Waals surface area contributed by atoms with Crippen molar-refractivity contribution in [2.24, 2.45) is 17.6 Å². The van der Waals surface area contributed by atoms with Crippen LogP contribution < -0.4 is 11.1 Å². The molecule has 1 aliphatic rings. The maximum absolute atomic E-state index is 5.87. The first-order valence-electron chi connectivity index (χ1n) is 6.58. The molecule has 2 rings (SSSR count). The molecule has 96 valence electrons. The van der Waals surface area contributed by atoms with Gasteiger partial charge in [-0.3, -0.25) is 0 Å². The Hall–Kier alpha value is -0.870. The third-order valence-corrected chi connectivity index (χ3v) is 3.75. The van der Waals surface area contributed by atoms with Crippen LogP contribution in [-0.2, 0) is 0 Å². The van der Waals surface area contributed by atoms with Crippen molar-refractivity contribution in [1.29, 1.82) is 0 Å². The van der Waals surface area contributed by atoms with Gasteiger partial charge in [0.25, 0.3) is 0 Å². The minimum absolute atomic E-state index is 0.229. The Morgan fingerprint density at radius 1 is 1.59 bits per heavy atom. The second-order valence-electron chi connectivity index (χ2n) is 5.49. The third kappa shape index (κ3) is 2.87. The zero-order chi connectivity index (χ0) is 12.4. The first kappa shape index (κ1) is 12.6. The molecule has 1 fully saturated rings. The van der Waals surface area contributed by atoms with Crippen molar-refractivity contribution in [2.75, 3.05) is 13.1 Å². The van der Waals surface area contributed by atoms with Gasteiger partial charge in [0.1, 0.15) is 0 Å². The molecular formula is C13H24N4. The number of hydrogen-bond donors (Lipinski definition) is 2. The average molecular weight is 236 g/mol. The van der Waals surface area contributed by atoms with Gasteiger partial charge in [0, 0.05) is 18.8 Å². The topological polar surface area (TPSA) is 55.9 Å². The van der Waals surface area contributed by atoms with Gasteiger partial charge in [-0.1, -0.05) is 6.92 Å². The van der Waals surface area contributed by atoms with E-state index in [1.165, 1.54) is 12.1 Å². The molecule has 0 aromatic carbocycles. The smallest absolute Gasteiger partial charge is 0.0951 e. The van der Waals surface area contributed by atoms with E-state index in [2.05, 4.69) is 35.6 Å². The molecule has 1 aromatic rings. The molecule has 1 saturated carbocycles. The number of rotatable bonds is 6. The number of aromatic nitrogens is 2. The van der Waals surface area contributed by atoms with E-state index in [4.69, 9.17) is 5.73 Å². The molecule has 3 unspecified atom stereocenters. The molecule has 0 bridgehead atoms. The van der Waals surface area contributed by atoms with Crippen LogP contribution in [-0.4, -0.2) is 22.6 Å². The van der Waals surface area contributed by atoms with Gasteiger partial charge in [-0.2, -0.15) is 0 Å². The fraction of sp³-hybridized carbons (Fsp3) is 0.769. The highest BCUT2D eigenvalue weighted by Crippen LogP contribution is 2.37. The number of nitrogens with zero attached hydrogens (tertiary/aromatic N) is 2. The van der Waals surface area contributed by atoms with E-state index in [1.54, 1.807) is 0 Å². The molecule has 0 spiro atoms. The van der Waals surface area contributed by atoms with Crippen molar-refractivity contribution in [3.63, 3.8) is 0 Å². The highest BCUT2D eigenvalue weighted by atomic mass is 15.1. The van der Waals surface area contributed by atoms with Crippen LogP contribution in [0.3, 0.4) is 0 Å². The lowest BCUT2D eigenvalue weighted by Crippen LogP contribution is -2.32. The second-order valence-corrected chi connectivity index (χ2v) is 5.49. The Bertz CT molecular complexity index is 358. The maximum atomic E-state index is 5.87. The van der Waals surface area contributed by atoms with Crippen molar-refractivity contribution in [3.05, 3.63) is 18.2 Å². The SMILES string of the molecule is CC1CC1CNC(CN)c1cncn1C(C)C. The normalized spacial score (nSPS) is 25.2. The maximum Gasteiger partial charge on any atom is 0.0951 e. The predicted octanol–water partition coefficient (Wildman–Crippen LogP) is 1.71. The van der Waals surface area contributed by atoms with Crippen LogP contribution in [0.15, 0.2) is 12.5 Å². The summed E-state index contributed by atoms with van der Waals surface area (Å²) in [5, 5.41) is 3.57. The second kappa shape index (κ2) is 5.19. The highest BCUT2D eigenvalue weighted by molar-refractivity contribution is 5.07. The molecule has 0 aliphatic heterocycles. The van der Waals surface area contributed by atoms with Crippen LogP contribution in [0, 0.1) is 11.8 Å². The number of hydrogen-bond acceptors (Lipinski definition) is 3. The summed E-state index contributed by atoms with van der Waals surface area (Å²) in [6, 6.07) is 0.663. The first-order chi connectivity index (χ1) is 8.13. The average Bonchev–Trinajstić information content (AvgIpc) is 2.81. The summed E-state index contributed by atoms with van der Waals surface area (Å²) in [5.74, 6) is 1.73. The van der Waals surface area contributed by atoms with Crippen LogP contribution in [0.25, 0.3) is 0 Å². The molecule has 1 aromatic heterocycles. The van der Waals surface area contributed by atoms with Crippen molar-refractivity contribution < 1.29 is 0 Å². The lowest BCUT2D eigenvalue weighted by molar-refractivity contribution is 0.464. The summed E-state index contributed by atoms with van der Waals surface area (Å²) in [5.41, 5.74) is 7.08. The van der Waals surface area contributed by atoms with Gasteiger partial charge in [0.05, 0.1) is 18.1 Å². The number of nitrogens with one attached hydrogen (secondary N) is 1. The van der Waals surface area contributed by atoms with E-state index >= 15 is 0 Å². The summed E-state index contributed by atoms with van der Waals surface area (Å²) in [6.45, 7) is 8.34. The molecule has 0 radical (unpaired) electrons. The largest absolute Gasteiger partial charge is 0.331 e. The van der Waals surface area contributed by atoms with Crippen LogP contribution in [0.1, 0.15) is 45.0 Å². The molecule has 4 nitrogen and oxygen atoms in total. The van der Waals surface area contributed by atoms with E-state index in [-0.39, 0.29) is 6.04 Å². The monoisotopic (exact) mass is 236 g/mol. The summed E-state index contributed by atoms with van der Waals surface area (Å²) in [7, 11) is 0. The summed E-state index contributed by atoms with van der Waals surface area (Å²) in [6.07, 6.45) is 5.18. The highest BCUT2D eigenvalue weighted by Gasteiger charge is 2.32. The quantitative estimate of drug-likeness (QED) is 0.790. The Morgan fingerprint density at radius 2 is 2.29 bits per heavy atom. The van der Waals surface area contributed by atoms with Gasteiger partial charge in [-0.15, -0.1) is 0 Å². The summed E-state index contributed by atoms with van der Waals surface area (Å²) >= 11 is 0. The Kier molecular flexibility index (Phi) is 3.84. The van der Waals surface area contributed by atoms with Crippen LogP contribution in [0.2, 0.25) is 0 Å². The summed E-state index contributed by atoms with van der Waals surface area (Å²) < 4.78 is 2.20. The molecule has 17 heavy (non-hydrogen) atoms. The molecule has 0 amide bonds. The standard InChI is InChI=1S/C13H24N4/c1-9(2)17-8-15-7-13(17)12(5-14)16-6-11-4-10(11)3/h7-12,16H,4-6,14H2,1-3H3. The van der Waals surface area contributed by atoms with Crippen molar-refractivity contribution in [3.8, 4) is 0 Å². The van der Waals surface area contributed by atoms with Gasteiger partial charge in [-0.25, -0.2) is 4.98 Å². The molecule has 0 saturated heterocycles. The fourth-order valence-electron chi connectivity index (χ4n) is 2.30. The van der Waals surface area contributed by atoms with E-state index in [0.29, 0.717) is 12.6 Å². The number of nitrogens with two attached hydrogens (primary N) is 1. The minimum Gasteiger partial charge on any atom is -0.331 e. The fourth-order valence-corrected chi connectivity index (χ4v) is 2.30. The predicted molar refractivity (Wildman–Crippen MR) is 69.7 cm³/mol. The Balaban J connectivity index is 1.98. The van der Waals surface area contributed by atoms with E-state index in [0.717, 1.165) is 18.4 Å². The van der Waals surface area contributed by atoms with Crippen LogP contribution >= 0.6 is 0 Å². The first-order valence-corrected chi connectivity index (χ1v) is 6.58. The van der Waals surface area contributed by atoms with Crippen LogP contribution in [0.4, 0.5) is 0 Å². The van der Waals surface area contributed by atoms with Crippen molar-refractivity contribution in [2.45, 2.75) is 39.3 Å².